The van der Waals surface area contributed by atoms with E-state index in [9.17, 15) is 4.79 Å². The average Bonchev–Trinajstić information content (AvgIpc) is 2.58. The summed E-state index contributed by atoms with van der Waals surface area (Å²) in [5.41, 5.74) is 4.45. The highest BCUT2D eigenvalue weighted by Crippen LogP contribution is 2.08. The maximum atomic E-state index is 11.8. The highest BCUT2D eigenvalue weighted by atomic mass is 16.5. The molecule has 0 bridgehead atoms. The summed E-state index contributed by atoms with van der Waals surface area (Å²) in [6.07, 6.45) is 1.77. The highest BCUT2D eigenvalue weighted by molar-refractivity contribution is 6.01. The quantitative estimate of drug-likeness (QED) is 0.629. The standard InChI is InChI=1S/C18H20N2O2/c1-2-9-17(15-10-5-3-6-11-15)19-20-18(21)14-22-16-12-7-4-8-13-16/h3-8,10-13H,2,9,14H2,1H3,(H,20,21). The first kappa shape index (κ1) is 15.8. The number of nitrogens with zero attached hydrogens (tertiary/aromatic N) is 1. The Balaban J connectivity index is 1.91. The number of ether oxygens (including phenoxy) is 1. The van der Waals surface area contributed by atoms with Crippen LogP contribution in [0.2, 0.25) is 0 Å². The Bertz CT molecular complexity index is 609. The van der Waals surface area contributed by atoms with Crippen molar-refractivity contribution in [2.75, 3.05) is 6.61 Å². The number of nitrogens with one attached hydrogen (secondary N) is 1. The minimum absolute atomic E-state index is 0.0539. The van der Waals surface area contributed by atoms with Crippen LogP contribution in [0.15, 0.2) is 65.8 Å². The number of hydrogen-bond acceptors (Lipinski definition) is 3. The monoisotopic (exact) mass is 296 g/mol. The number of benzene rings is 2. The topological polar surface area (TPSA) is 50.7 Å². The van der Waals surface area contributed by atoms with Gasteiger partial charge in [0.25, 0.3) is 5.91 Å². The maximum absolute atomic E-state index is 11.8. The Morgan fingerprint density at radius 2 is 1.68 bits per heavy atom. The number of carbonyl (C=O) groups excluding carboxylic acids is 1. The molecular formula is C18H20N2O2. The minimum Gasteiger partial charge on any atom is -0.484 e. The molecule has 0 heterocycles. The maximum Gasteiger partial charge on any atom is 0.277 e. The summed E-state index contributed by atoms with van der Waals surface area (Å²) < 4.78 is 5.38. The Morgan fingerprint density at radius 3 is 2.32 bits per heavy atom. The first-order valence-electron chi connectivity index (χ1n) is 7.38. The zero-order chi connectivity index (χ0) is 15.6. The second-order valence-electron chi connectivity index (χ2n) is 4.81. The number of rotatable bonds is 7. The molecule has 2 aromatic carbocycles. The number of amides is 1. The molecule has 22 heavy (non-hydrogen) atoms. The van der Waals surface area contributed by atoms with Crippen molar-refractivity contribution >= 4 is 11.6 Å². The van der Waals surface area contributed by atoms with Gasteiger partial charge in [-0.25, -0.2) is 5.43 Å². The SMILES string of the molecule is CCCC(=NNC(=O)COc1ccccc1)c1ccccc1. The normalized spacial score (nSPS) is 11.0. The molecule has 0 aliphatic carbocycles. The smallest absolute Gasteiger partial charge is 0.277 e. The van der Waals surface area contributed by atoms with E-state index in [1.807, 2.05) is 60.7 Å². The largest absolute Gasteiger partial charge is 0.484 e. The molecule has 4 nitrogen and oxygen atoms in total. The lowest BCUT2D eigenvalue weighted by molar-refractivity contribution is -0.123. The van der Waals surface area contributed by atoms with Crippen LogP contribution in [0.25, 0.3) is 0 Å². The van der Waals surface area contributed by atoms with Gasteiger partial charge in [-0.1, -0.05) is 61.9 Å². The van der Waals surface area contributed by atoms with Gasteiger partial charge in [0.05, 0.1) is 5.71 Å². The van der Waals surface area contributed by atoms with Crippen LogP contribution >= 0.6 is 0 Å². The van der Waals surface area contributed by atoms with Gasteiger partial charge >= 0.3 is 0 Å². The zero-order valence-corrected chi connectivity index (χ0v) is 12.7. The average molecular weight is 296 g/mol. The number of hydrazone groups is 1. The molecule has 0 radical (unpaired) electrons. The second kappa shape index (κ2) is 8.62. The fourth-order valence-corrected chi connectivity index (χ4v) is 1.96. The van der Waals surface area contributed by atoms with Crippen LogP contribution in [0.3, 0.4) is 0 Å². The number of carbonyl (C=O) groups is 1. The van der Waals surface area contributed by atoms with Gasteiger partial charge in [-0.2, -0.15) is 5.10 Å². The van der Waals surface area contributed by atoms with E-state index in [4.69, 9.17) is 4.74 Å². The molecular weight excluding hydrogens is 276 g/mol. The number of hydrogen-bond donors (Lipinski definition) is 1. The highest BCUT2D eigenvalue weighted by Gasteiger charge is 2.05. The van der Waals surface area contributed by atoms with Crippen molar-refractivity contribution in [2.45, 2.75) is 19.8 Å². The molecule has 4 heteroatoms. The molecule has 0 aromatic heterocycles. The van der Waals surface area contributed by atoms with Crippen molar-refractivity contribution in [2.24, 2.45) is 5.10 Å². The third-order valence-corrected chi connectivity index (χ3v) is 3.02. The molecule has 0 spiro atoms. The summed E-state index contributed by atoms with van der Waals surface area (Å²) >= 11 is 0. The lowest BCUT2D eigenvalue weighted by Crippen LogP contribution is -2.26. The van der Waals surface area contributed by atoms with Gasteiger partial charge in [0.15, 0.2) is 6.61 Å². The number of para-hydroxylation sites is 1. The molecule has 0 atom stereocenters. The van der Waals surface area contributed by atoms with Crippen molar-refractivity contribution in [3.8, 4) is 5.75 Å². The second-order valence-corrected chi connectivity index (χ2v) is 4.81. The van der Waals surface area contributed by atoms with E-state index in [0.717, 1.165) is 24.1 Å². The molecule has 0 saturated carbocycles. The van der Waals surface area contributed by atoms with Gasteiger partial charge in [0.1, 0.15) is 5.75 Å². The van der Waals surface area contributed by atoms with Gasteiger partial charge in [-0.05, 0) is 24.1 Å². The first-order valence-corrected chi connectivity index (χ1v) is 7.38. The van der Waals surface area contributed by atoms with E-state index in [1.165, 1.54) is 0 Å². The minimum atomic E-state index is -0.270. The fraction of sp³-hybridized carbons (Fsp3) is 0.222. The summed E-state index contributed by atoms with van der Waals surface area (Å²) in [6, 6.07) is 19.1. The van der Waals surface area contributed by atoms with E-state index < -0.39 is 0 Å². The molecule has 2 rings (SSSR count). The molecule has 0 aliphatic heterocycles. The summed E-state index contributed by atoms with van der Waals surface area (Å²) in [6.45, 7) is 2.03. The van der Waals surface area contributed by atoms with Gasteiger partial charge in [-0.3, -0.25) is 4.79 Å². The Labute approximate surface area is 130 Å². The van der Waals surface area contributed by atoms with Crippen LogP contribution in [0.4, 0.5) is 0 Å². The molecule has 0 saturated heterocycles. The van der Waals surface area contributed by atoms with Crippen LogP contribution in [-0.4, -0.2) is 18.2 Å². The Kier molecular flexibility index (Phi) is 6.18. The molecule has 0 aliphatic rings. The first-order chi connectivity index (χ1) is 10.8. The van der Waals surface area contributed by atoms with Crippen molar-refractivity contribution in [1.82, 2.24) is 5.43 Å². The predicted molar refractivity (Wildman–Crippen MR) is 88.0 cm³/mol. The Hall–Kier alpha value is -2.62. The lowest BCUT2D eigenvalue weighted by atomic mass is 10.1. The van der Waals surface area contributed by atoms with Crippen molar-refractivity contribution in [1.29, 1.82) is 0 Å². The Morgan fingerprint density at radius 1 is 1.05 bits per heavy atom. The van der Waals surface area contributed by atoms with Gasteiger partial charge in [0.2, 0.25) is 0 Å². The third-order valence-electron chi connectivity index (χ3n) is 3.02. The van der Waals surface area contributed by atoms with E-state index in [0.29, 0.717) is 5.75 Å². The van der Waals surface area contributed by atoms with E-state index in [-0.39, 0.29) is 12.5 Å². The van der Waals surface area contributed by atoms with Gasteiger partial charge < -0.3 is 4.74 Å². The van der Waals surface area contributed by atoms with Crippen LogP contribution in [-0.2, 0) is 4.79 Å². The van der Waals surface area contributed by atoms with Crippen molar-refractivity contribution < 1.29 is 9.53 Å². The summed E-state index contributed by atoms with van der Waals surface area (Å²) in [5.74, 6) is 0.395. The van der Waals surface area contributed by atoms with E-state index >= 15 is 0 Å². The summed E-state index contributed by atoms with van der Waals surface area (Å²) in [7, 11) is 0. The van der Waals surface area contributed by atoms with E-state index in [1.54, 1.807) is 0 Å². The molecule has 0 fully saturated rings. The third kappa shape index (κ3) is 5.05. The van der Waals surface area contributed by atoms with Gasteiger partial charge in [-0.15, -0.1) is 0 Å². The molecule has 114 valence electrons. The van der Waals surface area contributed by atoms with Gasteiger partial charge in [0, 0.05) is 0 Å². The summed E-state index contributed by atoms with van der Waals surface area (Å²) in [5, 5.41) is 4.23. The lowest BCUT2D eigenvalue weighted by Gasteiger charge is -2.07. The van der Waals surface area contributed by atoms with Crippen LogP contribution in [0, 0.1) is 0 Å². The van der Waals surface area contributed by atoms with Crippen molar-refractivity contribution in [3.63, 3.8) is 0 Å². The zero-order valence-electron chi connectivity index (χ0n) is 12.7. The van der Waals surface area contributed by atoms with Crippen molar-refractivity contribution in [3.05, 3.63) is 66.2 Å². The molecule has 1 N–H and O–H groups in total. The van der Waals surface area contributed by atoms with Crippen LogP contribution in [0.1, 0.15) is 25.3 Å². The molecule has 0 unspecified atom stereocenters. The van der Waals surface area contributed by atoms with E-state index in [2.05, 4.69) is 17.5 Å². The predicted octanol–water partition coefficient (Wildman–Crippen LogP) is 3.39. The molecule has 2 aromatic rings. The van der Waals surface area contributed by atoms with Crippen LogP contribution < -0.4 is 10.2 Å². The summed E-state index contributed by atoms with van der Waals surface area (Å²) in [4.78, 5) is 11.8. The fourth-order valence-electron chi connectivity index (χ4n) is 1.96. The molecule has 1 amide bonds. The van der Waals surface area contributed by atoms with Crippen LogP contribution in [0.5, 0.6) is 5.75 Å².